The lowest BCUT2D eigenvalue weighted by Crippen LogP contribution is -2.42. The molecule has 2 unspecified atom stereocenters. The number of rotatable bonds is 4. The van der Waals surface area contributed by atoms with E-state index in [0.29, 0.717) is 6.42 Å². The van der Waals surface area contributed by atoms with Gasteiger partial charge in [0.25, 0.3) is 0 Å². The first-order valence-electron chi connectivity index (χ1n) is 6.87. The molecule has 0 bridgehead atoms. The second-order valence-corrected chi connectivity index (χ2v) is 8.63. The van der Waals surface area contributed by atoms with Crippen molar-refractivity contribution in [2.75, 3.05) is 18.1 Å². The lowest BCUT2D eigenvalue weighted by molar-refractivity contribution is -0.138. The molecule has 1 saturated heterocycles. The predicted molar refractivity (Wildman–Crippen MR) is 76.7 cm³/mol. The number of carbonyl (C=O) groups excluding carboxylic acids is 1. The molecular formula is C13H23NO6S. The molecule has 0 spiro atoms. The van der Waals surface area contributed by atoms with Crippen molar-refractivity contribution in [3.05, 3.63) is 0 Å². The van der Waals surface area contributed by atoms with Gasteiger partial charge < -0.3 is 15.2 Å². The van der Waals surface area contributed by atoms with Crippen LogP contribution in [0.4, 0.5) is 4.79 Å². The Bertz CT molecular complexity index is 493. The highest BCUT2D eigenvalue weighted by atomic mass is 32.2. The molecule has 0 saturated carbocycles. The van der Waals surface area contributed by atoms with E-state index in [1.807, 2.05) is 0 Å². The molecule has 2 atom stereocenters. The number of alkyl carbamates (subject to hydrolysis) is 1. The number of carboxylic acids is 1. The summed E-state index contributed by atoms with van der Waals surface area (Å²) >= 11 is 0. The fraction of sp³-hybridized carbons (Fsp3) is 0.846. The van der Waals surface area contributed by atoms with E-state index in [1.165, 1.54) is 0 Å². The number of aliphatic carboxylic acids is 1. The zero-order chi connectivity index (χ0) is 16.3. The Kier molecular flexibility index (Phi) is 5.61. The summed E-state index contributed by atoms with van der Waals surface area (Å²) in [6.45, 7) is 5.28. The van der Waals surface area contributed by atoms with Gasteiger partial charge in [-0.3, -0.25) is 4.79 Å². The summed E-state index contributed by atoms with van der Waals surface area (Å²) in [4.78, 5) is 22.4. The van der Waals surface area contributed by atoms with E-state index >= 15 is 0 Å². The molecule has 8 heteroatoms. The smallest absolute Gasteiger partial charge is 0.407 e. The van der Waals surface area contributed by atoms with Gasteiger partial charge in [0.2, 0.25) is 0 Å². The van der Waals surface area contributed by atoms with Crippen LogP contribution in [0.1, 0.15) is 33.6 Å². The molecule has 1 fully saturated rings. The number of carboxylic acid groups (broad SMARTS) is 1. The summed E-state index contributed by atoms with van der Waals surface area (Å²) in [5.41, 5.74) is -0.636. The van der Waals surface area contributed by atoms with Gasteiger partial charge in [-0.25, -0.2) is 13.2 Å². The van der Waals surface area contributed by atoms with Crippen molar-refractivity contribution in [1.82, 2.24) is 5.32 Å². The number of amides is 1. The highest BCUT2D eigenvalue weighted by Crippen LogP contribution is 2.27. The maximum atomic E-state index is 11.7. The lowest BCUT2D eigenvalue weighted by atomic mass is 9.88. The fourth-order valence-electron chi connectivity index (χ4n) is 2.36. The first-order valence-corrected chi connectivity index (χ1v) is 8.70. The lowest BCUT2D eigenvalue weighted by Gasteiger charge is -2.30. The number of nitrogens with one attached hydrogen (secondary N) is 1. The van der Waals surface area contributed by atoms with Crippen molar-refractivity contribution in [3.8, 4) is 0 Å². The molecule has 122 valence electrons. The molecular weight excluding hydrogens is 298 g/mol. The van der Waals surface area contributed by atoms with Crippen LogP contribution in [0.15, 0.2) is 0 Å². The quantitative estimate of drug-likeness (QED) is 0.800. The van der Waals surface area contributed by atoms with Crippen LogP contribution in [0.2, 0.25) is 0 Å². The zero-order valence-corrected chi connectivity index (χ0v) is 13.4. The number of hydrogen-bond acceptors (Lipinski definition) is 5. The highest BCUT2D eigenvalue weighted by Gasteiger charge is 2.34. The predicted octanol–water partition coefficient (Wildman–Crippen LogP) is 1.04. The van der Waals surface area contributed by atoms with Crippen LogP contribution in [0.25, 0.3) is 0 Å². The molecule has 1 amide bonds. The molecule has 1 aliphatic heterocycles. The monoisotopic (exact) mass is 321 g/mol. The minimum atomic E-state index is -3.17. The first-order chi connectivity index (χ1) is 9.48. The van der Waals surface area contributed by atoms with E-state index in [-0.39, 0.29) is 30.4 Å². The Labute approximate surface area is 125 Å². The van der Waals surface area contributed by atoms with Crippen LogP contribution >= 0.6 is 0 Å². The normalized spacial score (nSPS) is 25.1. The van der Waals surface area contributed by atoms with Gasteiger partial charge in [-0.05, 0) is 39.0 Å². The van der Waals surface area contributed by atoms with Gasteiger partial charge in [0.05, 0.1) is 11.5 Å². The largest absolute Gasteiger partial charge is 0.481 e. The second kappa shape index (κ2) is 6.64. The van der Waals surface area contributed by atoms with Crippen molar-refractivity contribution < 1.29 is 27.9 Å². The number of ether oxygens (including phenoxy) is 1. The third kappa shape index (κ3) is 6.79. The Morgan fingerprint density at radius 3 is 2.43 bits per heavy atom. The van der Waals surface area contributed by atoms with Gasteiger partial charge in [-0.2, -0.15) is 0 Å². The molecule has 7 nitrogen and oxygen atoms in total. The minimum Gasteiger partial charge on any atom is -0.481 e. The minimum absolute atomic E-state index is 0.00782. The van der Waals surface area contributed by atoms with Gasteiger partial charge in [0, 0.05) is 13.0 Å². The number of carbonyl (C=O) groups is 2. The van der Waals surface area contributed by atoms with Crippen molar-refractivity contribution in [1.29, 1.82) is 0 Å². The van der Waals surface area contributed by atoms with Gasteiger partial charge in [-0.1, -0.05) is 0 Å². The summed E-state index contributed by atoms with van der Waals surface area (Å²) in [6.07, 6.45) is -0.398. The Morgan fingerprint density at radius 1 is 1.29 bits per heavy atom. The maximum absolute atomic E-state index is 11.7. The van der Waals surface area contributed by atoms with Gasteiger partial charge >= 0.3 is 12.1 Å². The average Bonchev–Trinajstić information content (AvgIpc) is 2.26. The summed E-state index contributed by atoms with van der Waals surface area (Å²) in [7, 11) is -3.17. The van der Waals surface area contributed by atoms with Crippen LogP contribution in [0.3, 0.4) is 0 Å². The van der Waals surface area contributed by atoms with Crippen molar-refractivity contribution >= 4 is 21.9 Å². The molecule has 1 rings (SSSR count). The molecule has 0 aliphatic carbocycles. The van der Waals surface area contributed by atoms with E-state index in [1.54, 1.807) is 20.8 Å². The summed E-state index contributed by atoms with van der Waals surface area (Å²) in [5.74, 6) is -1.69. The van der Waals surface area contributed by atoms with E-state index in [4.69, 9.17) is 9.84 Å². The third-order valence-corrected chi connectivity index (χ3v) is 5.07. The van der Waals surface area contributed by atoms with E-state index in [2.05, 4.69) is 5.32 Å². The standard InChI is InChI=1S/C13H23NO6S/c1-13(2,3)20-12(17)14-7-10-8-21(18,19)5-4-9(10)6-11(15)16/h9-10H,4-8H2,1-3H3,(H,14,17)(H,15,16). The van der Waals surface area contributed by atoms with Crippen LogP contribution < -0.4 is 5.32 Å². The molecule has 0 radical (unpaired) electrons. The summed E-state index contributed by atoms with van der Waals surface area (Å²) < 4.78 is 28.4. The van der Waals surface area contributed by atoms with E-state index < -0.39 is 33.4 Å². The van der Waals surface area contributed by atoms with Gasteiger partial charge in [0.15, 0.2) is 9.84 Å². The Hall–Kier alpha value is -1.31. The highest BCUT2D eigenvalue weighted by molar-refractivity contribution is 7.91. The maximum Gasteiger partial charge on any atom is 0.407 e. The summed E-state index contributed by atoms with van der Waals surface area (Å²) in [6, 6.07) is 0. The molecule has 0 aromatic heterocycles. The SMILES string of the molecule is CC(C)(C)OC(=O)NCC1CS(=O)(=O)CCC1CC(=O)O. The molecule has 1 aliphatic rings. The molecule has 0 aromatic carbocycles. The Balaban J connectivity index is 2.62. The number of sulfone groups is 1. The molecule has 21 heavy (non-hydrogen) atoms. The zero-order valence-electron chi connectivity index (χ0n) is 12.6. The van der Waals surface area contributed by atoms with E-state index in [9.17, 15) is 18.0 Å². The molecule has 1 heterocycles. The Morgan fingerprint density at radius 2 is 1.90 bits per heavy atom. The van der Waals surface area contributed by atoms with E-state index in [0.717, 1.165) is 0 Å². The number of hydrogen-bond donors (Lipinski definition) is 2. The van der Waals surface area contributed by atoms with Crippen LogP contribution in [0, 0.1) is 11.8 Å². The van der Waals surface area contributed by atoms with Gasteiger partial charge in [-0.15, -0.1) is 0 Å². The van der Waals surface area contributed by atoms with Crippen molar-refractivity contribution in [2.45, 2.75) is 39.2 Å². The summed E-state index contributed by atoms with van der Waals surface area (Å²) in [5, 5.41) is 11.4. The van der Waals surface area contributed by atoms with Crippen LogP contribution in [-0.4, -0.2) is 49.2 Å². The fourth-order valence-corrected chi connectivity index (χ4v) is 4.23. The second-order valence-electron chi connectivity index (χ2n) is 6.40. The van der Waals surface area contributed by atoms with Crippen LogP contribution in [-0.2, 0) is 19.4 Å². The first kappa shape index (κ1) is 17.7. The average molecular weight is 321 g/mol. The topological polar surface area (TPSA) is 110 Å². The molecule has 2 N–H and O–H groups in total. The van der Waals surface area contributed by atoms with Gasteiger partial charge in [0.1, 0.15) is 5.60 Å². The third-order valence-electron chi connectivity index (χ3n) is 3.28. The van der Waals surface area contributed by atoms with Crippen molar-refractivity contribution in [3.63, 3.8) is 0 Å². The van der Waals surface area contributed by atoms with Crippen molar-refractivity contribution in [2.24, 2.45) is 11.8 Å². The molecule has 0 aromatic rings. The van der Waals surface area contributed by atoms with Crippen LogP contribution in [0.5, 0.6) is 0 Å².